The Bertz CT molecular complexity index is 442. The molecule has 0 spiro atoms. The van der Waals surface area contributed by atoms with Crippen molar-refractivity contribution < 1.29 is 9.18 Å². The molecule has 0 radical (unpaired) electrons. The summed E-state index contributed by atoms with van der Waals surface area (Å²) in [5.41, 5.74) is 7.03. The van der Waals surface area contributed by atoms with E-state index in [1.165, 1.54) is 12.1 Å². The number of nitrogens with one attached hydrogen (secondary N) is 3. The molecule has 0 saturated carbocycles. The Labute approximate surface area is 112 Å². The third-order valence-electron chi connectivity index (χ3n) is 3.62. The number of carbonyl (C=O) groups excluding carboxylic acids is 1. The lowest BCUT2D eigenvalue weighted by Crippen LogP contribution is -2.31. The number of carbonyl (C=O) groups is 1. The first-order valence-electron chi connectivity index (χ1n) is 6.58. The third kappa shape index (κ3) is 3.75. The quantitative estimate of drug-likeness (QED) is 0.770. The van der Waals surface area contributed by atoms with Gasteiger partial charge in [-0.3, -0.25) is 15.6 Å². The van der Waals surface area contributed by atoms with Crippen molar-refractivity contribution in [3.8, 4) is 0 Å². The van der Waals surface area contributed by atoms with Crippen LogP contribution in [0.3, 0.4) is 0 Å². The molecule has 1 aromatic rings. The molecule has 1 aliphatic rings. The molecular formula is C14H20FN3O. The summed E-state index contributed by atoms with van der Waals surface area (Å²) in [6, 6.07) is 6.82. The molecule has 1 saturated heterocycles. The van der Waals surface area contributed by atoms with Crippen LogP contribution in [-0.4, -0.2) is 18.0 Å². The topological polar surface area (TPSA) is 53.2 Å². The van der Waals surface area contributed by atoms with Crippen LogP contribution < -0.4 is 16.2 Å². The molecule has 2 atom stereocenters. The van der Waals surface area contributed by atoms with Crippen LogP contribution in [0, 0.1) is 11.7 Å². The Hall–Kier alpha value is -1.46. The van der Waals surface area contributed by atoms with Crippen molar-refractivity contribution in [3.63, 3.8) is 0 Å². The minimum atomic E-state index is -0.279. The van der Waals surface area contributed by atoms with E-state index in [1.807, 2.05) is 0 Å². The molecule has 19 heavy (non-hydrogen) atoms. The SMILES string of the molecule is CC1NNC(C)C1CC(=O)NCc1cccc(F)c1. The third-order valence-corrected chi connectivity index (χ3v) is 3.62. The fourth-order valence-corrected chi connectivity index (χ4v) is 2.40. The average Bonchev–Trinajstić information content (AvgIpc) is 2.68. The van der Waals surface area contributed by atoms with Crippen molar-refractivity contribution in [2.24, 2.45) is 5.92 Å². The van der Waals surface area contributed by atoms with Crippen LogP contribution >= 0.6 is 0 Å². The van der Waals surface area contributed by atoms with E-state index in [0.29, 0.717) is 13.0 Å². The van der Waals surface area contributed by atoms with Gasteiger partial charge in [0.15, 0.2) is 0 Å². The first-order valence-corrected chi connectivity index (χ1v) is 6.58. The number of hydrazine groups is 1. The summed E-state index contributed by atoms with van der Waals surface area (Å²) < 4.78 is 13.0. The summed E-state index contributed by atoms with van der Waals surface area (Å²) >= 11 is 0. The Morgan fingerprint density at radius 3 is 2.63 bits per heavy atom. The summed E-state index contributed by atoms with van der Waals surface area (Å²) in [4.78, 5) is 11.9. The lowest BCUT2D eigenvalue weighted by molar-refractivity contribution is -0.122. The molecule has 2 rings (SSSR count). The lowest BCUT2D eigenvalue weighted by atomic mass is 9.93. The van der Waals surface area contributed by atoms with Crippen molar-refractivity contribution in [1.82, 2.24) is 16.2 Å². The fraction of sp³-hybridized carbons (Fsp3) is 0.500. The maximum atomic E-state index is 13.0. The van der Waals surface area contributed by atoms with E-state index in [4.69, 9.17) is 0 Å². The van der Waals surface area contributed by atoms with Gasteiger partial charge in [0.25, 0.3) is 0 Å². The summed E-state index contributed by atoms with van der Waals surface area (Å²) in [6.45, 7) is 4.48. The molecule has 1 fully saturated rings. The van der Waals surface area contributed by atoms with Gasteiger partial charge in [-0.1, -0.05) is 12.1 Å². The van der Waals surface area contributed by atoms with E-state index < -0.39 is 0 Å². The summed E-state index contributed by atoms with van der Waals surface area (Å²) in [6.07, 6.45) is 0.470. The van der Waals surface area contributed by atoms with Crippen molar-refractivity contribution in [2.75, 3.05) is 0 Å². The Kier molecular flexibility index (Phi) is 4.50. The highest BCUT2D eigenvalue weighted by atomic mass is 19.1. The second-order valence-corrected chi connectivity index (χ2v) is 5.14. The second kappa shape index (κ2) is 6.12. The smallest absolute Gasteiger partial charge is 0.220 e. The van der Waals surface area contributed by atoms with E-state index >= 15 is 0 Å². The summed E-state index contributed by atoms with van der Waals surface area (Å²) in [5, 5.41) is 2.83. The normalized spacial score (nSPS) is 26.4. The van der Waals surface area contributed by atoms with Crippen molar-refractivity contribution in [3.05, 3.63) is 35.6 Å². The predicted octanol–water partition coefficient (Wildman–Crippen LogP) is 1.33. The van der Waals surface area contributed by atoms with Gasteiger partial charge in [-0.05, 0) is 31.5 Å². The molecule has 0 bridgehead atoms. The Morgan fingerprint density at radius 2 is 2.00 bits per heavy atom. The number of hydrogen-bond donors (Lipinski definition) is 3. The highest BCUT2D eigenvalue weighted by Crippen LogP contribution is 2.18. The lowest BCUT2D eigenvalue weighted by Gasteiger charge is -2.17. The molecule has 4 nitrogen and oxygen atoms in total. The first-order chi connectivity index (χ1) is 9.06. The van der Waals surface area contributed by atoms with E-state index in [9.17, 15) is 9.18 Å². The maximum Gasteiger partial charge on any atom is 0.220 e. The predicted molar refractivity (Wildman–Crippen MR) is 71.5 cm³/mol. The van der Waals surface area contributed by atoms with Gasteiger partial charge in [-0.2, -0.15) is 0 Å². The van der Waals surface area contributed by atoms with Crippen molar-refractivity contribution in [2.45, 2.75) is 38.9 Å². The van der Waals surface area contributed by atoms with E-state index in [1.54, 1.807) is 12.1 Å². The van der Waals surface area contributed by atoms with Gasteiger partial charge in [-0.25, -0.2) is 4.39 Å². The number of amides is 1. The molecule has 1 aromatic carbocycles. The van der Waals surface area contributed by atoms with Crippen LogP contribution in [0.2, 0.25) is 0 Å². The van der Waals surface area contributed by atoms with E-state index in [0.717, 1.165) is 5.56 Å². The Morgan fingerprint density at radius 1 is 1.32 bits per heavy atom. The highest BCUT2D eigenvalue weighted by molar-refractivity contribution is 5.76. The molecular weight excluding hydrogens is 245 g/mol. The number of halogens is 1. The standard InChI is InChI=1S/C14H20FN3O/c1-9-13(10(2)18-17-9)7-14(19)16-8-11-4-3-5-12(15)6-11/h3-6,9-10,13,17-18H,7-8H2,1-2H3,(H,16,19). The Balaban J connectivity index is 1.82. The first kappa shape index (κ1) is 14.0. The summed E-state index contributed by atoms with van der Waals surface area (Å²) in [5.74, 6) is -0.0100. The maximum absolute atomic E-state index is 13.0. The van der Waals surface area contributed by atoms with Gasteiger partial charge in [-0.15, -0.1) is 0 Å². The average molecular weight is 265 g/mol. The van der Waals surface area contributed by atoms with E-state index in [2.05, 4.69) is 30.0 Å². The van der Waals surface area contributed by atoms with Crippen LogP contribution in [0.5, 0.6) is 0 Å². The van der Waals surface area contributed by atoms with Crippen molar-refractivity contribution in [1.29, 1.82) is 0 Å². The molecule has 0 aliphatic carbocycles. The minimum absolute atomic E-state index is 0.00142. The van der Waals surface area contributed by atoms with Crippen LogP contribution in [0.25, 0.3) is 0 Å². The monoisotopic (exact) mass is 265 g/mol. The number of rotatable bonds is 4. The van der Waals surface area contributed by atoms with Gasteiger partial charge in [0.2, 0.25) is 5.91 Å². The largest absolute Gasteiger partial charge is 0.352 e. The molecule has 1 aliphatic heterocycles. The summed E-state index contributed by atoms with van der Waals surface area (Å²) in [7, 11) is 0. The molecule has 2 unspecified atom stereocenters. The molecule has 1 amide bonds. The van der Waals surface area contributed by atoms with Gasteiger partial charge in [0, 0.05) is 31.0 Å². The van der Waals surface area contributed by atoms with Gasteiger partial charge in [0.05, 0.1) is 0 Å². The van der Waals surface area contributed by atoms with Crippen LogP contribution in [-0.2, 0) is 11.3 Å². The van der Waals surface area contributed by atoms with Crippen LogP contribution in [0.15, 0.2) is 24.3 Å². The highest BCUT2D eigenvalue weighted by Gasteiger charge is 2.31. The molecule has 0 aromatic heterocycles. The molecule has 1 heterocycles. The van der Waals surface area contributed by atoms with Crippen LogP contribution in [0.1, 0.15) is 25.8 Å². The number of hydrogen-bond acceptors (Lipinski definition) is 3. The molecule has 104 valence electrons. The van der Waals surface area contributed by atoms with Gasteiger partial charge >= 0.3 is 0 Å². The zero-order chi connectivity index (χ0) is 13.8. The zero-order valence-corrected chi connectivity index (χ0v) is 11.2. The fourth-order valence-electron chi connectivity index (χ4n) is 2.40. The van der Waals surface area contributed by atoms with Gasteiger partial charge < -0.3 is 5.32 Å². The van der Waals surface area contributed by atoms with Gasteiger partial charge in [0.1, 0.15) is 5.82 Å². The zero-order valence-electron chi connectivity index (χ0n) is 11.2. The van der Waals surface area contributed by atoms with Crippen molar-refractivity contribution >= 4 is 5.91 Å². The van der Waals surface area contributed by atoms with E-state index in [-0.39, 0.29) is 29.7 Å². The second-order valence-electron chi connectivity index (χ2n) is 5.14. The molecule has 3 N–H and O–H groups in total. The minimum Gasteiger partial charge on any atom is -0.352 e. The number of benzene rings is 1. The van der Waals surface area contributed by atoms with Crippen LogP contribution in [0.4, 0.5) is 4.39 Å². The molecule has 5 heteroatoms.